The summed E-state index contributed by atoms with van der Waals surface area (Å²) in [7, 11) is -7.63. The Morgan fingerprint density at radius 3 is 1.83 bits per heavy atom. The van der Waals surface area contributed by atoms with E-state index in [1.165, 1.54) is 0 Å². The number of unbranched alkanes of at least 4 members (excludes halogenated alkanes) is 2. The Bertz CT molecular complexity index is 560. The molecule has 0 aliphatic carbocycles. The number of phosphoric acid groups is 1. The van der Waals surface area contributed by atoms with E-state index < -0.39 is 27.2 Å². The normalized spacial score (nSPS) is 13.3. The van der Waals surface area contributed by atoms with Crippen LogP contribution in [-0.4, -0.2) is 44.8 Å². The van der Waals surface area contributed by atoms with Crippen LogP contribution in [0.5, 0.6) is 0 Å². The number of esters is 1. The molecule has 0 saturated carbocycles. The second-order valence-corrected chi connectivity index (χ2v) is 9.78. The number of hydrogen-bond acceptors (Lipinski definition) is 9. The van der Waals surface area contributed by atoms with E-state index in [0.717, 1.165) is 0 Å². The van der Waals surface area contributed by atoms with Crippen molar-refractivity contribution in [3.05, 3.63) is 12.2 Å². The van der Waals surface area contributed by atoms with Crippen LogP contribution in [-0.2, 0) is 41.3 Å². The minimum Gasteiger partial charge on any atom is -0.462 e. The van der Waals surface area contributed by atoms with Gasteiger partial charge >= 0.3 is 21.4 Å². The number of carbonyl (C=O) groups is 1. The molecule has 0 amide bonds. The van der Waals surface area contributed by atoms with Gasteiger partial charge in [-0.2, -0.15) is 0 Å². The van der Waals surface area contributed by atoms with Crippen LogP contribution >= 0.6 is 15.4 Å². The summed E-state index contributed by atoms with van der Waals surface area (Å²) in [5.41, 5.74) is 0.343. The summed E-state index contributed by atoms with van der Waals surface area (Å²) >= 11 is 0. The van der Waals surface area contributed by atoms with Crippen molar-refractivity contribution in [3.63, 3.8) is 0 Å². The third kappa shape index (κ3) is 11.4. The molecule has 1 atom stereocenters. The molecular formula is C18H36O9P2. The second kappa shape index (κ2) is 15.3. The first-order valence-electron chi connectivity index (χ1n) is 9.96. The fourth-order valence-corrected chi connectivity index (χ4v) is 5.95. The molecule has 0 aliphatic heterocycles. The molecule has 0 bridgehead atoms. The van der Waals surface area contributed by atoms with Crippen LogP contribution in [0.4, 0.5) is 0 Å². The minimum absolute atomic E-state index is 0.103. The van der Waals surface area contributed by atoms with Crippen LogP contribution < -0.4 is 0 Å². The Morgan fingerprint density at radius 2 is 1.38 bits per heavy atom. The first-order chi connectivity index (χ1) is 13.7. The Morgan fingerprint density at radius 1 is 0.862 bits per heavy atom. The fourth-order valence-electron chi connectivity index (χ4n) is 2.28. The van der Waals surface area contributed by atoms with Crippen LogP contribution in [0.3, 0.4) is 0 Å². The Hall–Kier alpha value is -0.530. The molecule has 0 N–H and O–H groups in total. The first-order valence-corrected chi connectivity index (χ1v) is 13.0. The molecule has 0 aromatic heterocycles. The summed E-state index contributed by atoms with van der Waals surface area (Å²) < 4.78 is 57.7. The molecule has 11 heteroatoms. The monoisotopic (exact) mass is 458 g/mol. The molecule has 1 unspecified atom stereocenters. The van der Waals surface area contributed by atoms with Gasteiger partial charge in [-0.15, -0.1) is 0 Å². The number of carbonyl (C=O) groups excluding carboxylic acids is 1. The van der Waals surface area contributed by atoms with Gasteiger partial charge in [-0.3, -0.25) is 18.1 Å². The maximum atomic E-state index is 13.2. The fraction of sp³-hybridized carbons (Fsp3) is 0.833. The zero-order valence-electron chi connectivity index (χ0n) is 18.2. The van der Waals surface area contributed by atoms with E-state index in [1.54, 1.807) is 34.6 Å². The molecule has 29 heavy (non-hydrogen) atoms. The van der Waals surface area contributed by atoms with Crippen molar-refractivity contribution in [3.8, 4) is 0 Å². The number of hydrogen-bond donors (Lipinski definition) is 0. The summed E-state index contributed by atoms with van der Waals surface area (Å²) in [6.45, 7) is 12.5. The summed E-state index contributed by atoms with van der Waals surface area (Å²) in [4.78, 5) is 11.4. The lowest BCUT2D eigenvalue weighted by molar-refractivity contribution is -0.139. The van der Waals surface area contributed by atoms with E-state index >= 15 is 0 Å². The number of ether oxygens (including phenoxy) is 1. The van der Waals surface area contributed by atoms with E-state index in [-0.39, 0.29) is 39.5 Å². The van der Waals surface area contributed by atoms with E-state index in [0.29, 0.717) is 24.8 Å². The summed E-state index contributed by atoms with van der Waals surface area (Å²) in [6, 6.07) is 0. The highest BCUT2D eigenvalue weighted by molar-refractivity contribution is 7.55. The highest BCUT2D eigenvalue weighted by Gasteiger charge is 2.42. The summed E-state index contributed by atoms with van der Waals surface area (Å²) in [5.74, 6) is -1.54. The van der Waals surface area contributed by atoms with Crippen LogP contribution in [0.25, 0.3) is 0 Å². The Labute approximate surface area is 174 Å². The molecule has 0 fully saturated rings. The van der Waals surface area contributed by atoms with Gasteiger partial charge in [-0.05, 0) is 53.9 Å². The van der Waals surface area contributed by atoms with Gasteiger partial charge in [0.25, 0.3) is 0 Å². The van der Waals surface area contributed by atoms with Crippen molar-refractivity contribution < 1.29 is 41.3 Å². The average molecular weight is 458 g/mol. The van der Waals surface area contributed by atoms with Crippen molar-refractivity contribution in [1.29, 1.82) is 0 Å². The third-order valence-electron chi connectivity index (χ3n) is 3.47. The van der Waals surface area contributed by atoms with Crippen molar-refractivity contribution in [1.82, 2.24) is 0 Å². The van der Waals surface area contributed by atoms with Crippen molar-refractivity contribution in [2.24, 2.45) is 0 Å². The molecule has 172 valence electrons. The van der Waals surface area contributed by atoms with Crippen molar-refractivity contribution in [2.45, 2.75) is 66.1 Å². The van der Waals surface area contributed by atoms with Gasteiger partial charge in [0.2, 0.25) is 0 Å². The van der Waals surface area contributed by atoms with E-state index in [4.69, 9.17) is 27.4 Å². The van der Waals surface area contributed by atoms with Gasteiger partial charge < -0.3 is 13.8 Å². The summed E-state index contributed by atoms with van der Waals surface area (Å²) in [5, 5.41) is 0. The van der Waals surface area contributed by atoms with Gasteiger partial charge in [0.15, 0.2) is 5.85 Å². The van der Waals surface area contributed by atoms with Crippen molar-refractivity contribution in [2.75, 3.05) is 33.0 Å². The Balaban J connectivity index is 5.04. The maximum absolute atomic E-state index is 13.2. The standard InChI is InChI=1S/C18H36O9P2/c1-7-23-28(20,24-8-2)17(27-29(21,25-9-3)26-10-4)14-12-11-13-15-22-18(19)16(5)6/h17H,5,7-15H2,1-4,6H3. The van der Waals surface area contributed by atoms with Gasteiger partial charge in [0.05, 0.1) is 33.0 Å². The van der Waals surface area contributed by atoms with Crippen LogP contribution in [0, 0.1) is 0 Å². The lowest BCUT2D eigenvalue weighted by Gasteiger charge is -2.28. The molecule has 0 rings (SSSR count). The number of phosphoric ester groups is 1. The SMILES string of the molecule is C=C(C)C(=O)OCCCCCC(OP(=O)(OCC)OCC)P(=O)(OCC)OCC. The molecule has 0 spiro atoms. The molecule has 0 aromatic rings. The van der Waals surface area contributed by atoms with Gasteiger partial charge in [-0.25, -0.2) is 9.36 Å². The zero-order valence-corrected chi connectivity index (χ0v) is 20.0. The topological polar surface area (TPSA) is 107 Å². The average Bonchev–Trinajstić information content (AvgIpc) is 2.64. The van der Waals surface area contributed by atoms with Gasteiger partial charge in [0.1, 0.15) is 0 Å². The van der Waals surface area contributed by atoms with E-state index in [1.807, 2.05) is 0 Å². The van der Waals surface area contributed by atoms with E-state index in [2.05, 4.69) is 6.58 Å². The highest BCUT2D eigenvalue weighted by atomic mass is 31.2. The first kappa shape index (κ1) is 28.5. The highest BCUT2D eigenvalue weighted by Crippen LogP contribution is 2.62. The lowest BCUT2D eigenvalue weighted by atomic mass is 10.2. The second-order valence-electron chi connectivity index (χ2n) is 5.98. The molecule has 0 aliphatic rings. The predicted molar refractivity (Wildman–Crippen MR) is 111 cm³/mol. The Kier molecular flexibility index (Phi) is 15.0. The molecule has 0 heterocycles. The summed E-state index contributed by atoms with van der Waals surface area (Å²) in [6.07, 6.45) is 2.07. The van der Waals surface area contributed by atoms with Crippen molar-refractivity contribution >= 4 is 21.4 Å². The molecule has 9 nitrogen and oxygen atoms in total. The largest absolute Gasteiger partial charge is 0.475 e. The molecule has 0 saturated heterocycles. The van der Waals surface area contributed by atoms with Crippen LogP contribution in [0.1, 0.15) is 60.3 Å². The predicted octanol–water partition coefficient (Wildman–Crippen LogP) is 5.46. The molecule has 0 aromatic carbocycles. The lowest BCUT2D eigenvalue weighted by Crippen LogP contribution is -2.18. The van der Waals surface area contributed by atoms with Crippen LogP contribution in [0.15, 0.2) is 12.2 Å². The number of rotatable bonds is 18. The minimum atomic E-state index is -3.92. The van der Waals surface area contributed by atoms with Crippen LogP contribution in [0.2, 0.25) is 0 Å². The molecular weight excluding hydrogens is 422 g/mol. The molecule has 0 radical (unpaired) electrons. The quantitative estimate of drug-likeness (QED) is 0.115. The maximum Gasteiger partial charge on any atom is 0.475 e. The smallest absolute Gasteiger partial charge is 0.462 e. The van der Waals surface area contributed by atoms with E-state index in [9.17, 15) is 13.9 Å². The van der Waals surface area contributed by atoms with Gasteiger partial charge in [0, 0.05) is 5.57 Å². The third-order valence-corrected chi connectivity index (χ3v) is 7.61. The van der Waals surface area contributed by atoms with Gasteiger partial charge in [-0.1, -0.05) is 13.0 Å². The zero-order chi connectivity index (χ0) is 22.3.